The molecule has 1 unspecified atom stereocenters. The molecule has 15 heavy (non-hydrogen) atoms. The molecule has 1 atom stereocenters. The highest BCUT2D eigenvalue weighted by molar-refractivity contribution is 7.09. The van der Waals surface area contributed by atoms with Gasteiger partial charge in [0.25, 0.3) is 0 Å². The zero-order valence-corrected chi connectivity index (χ0v) is 10.1. The average Bonchev–Trinajstić information content (AvgIpc) is 2.66. The molecular weight excluding hydrogens is 208 g/mol. The number of aryl methyl sites for hydroxylation is 1. The Labute approximate surface area is 94.9 Å². The lowest BCUT2D eigenvalue weighted by molar-refractivity contribution is 0.0754. The van der Waals surface area contributed by atoms with Crippen molar-refractivity contribution in [2.24, 2.45) is 0 Å². The summed E-state index contributed by atoms with van der Waals surface area (Å²) in [4.78, 5) is 4.50. The van der Waals surface area contributed by atoms with Crippen molar-refractivity contribution in [1.82, 2.24) is 10.3 Å². The van der Waals surface area contributed by atoms with Crippen LogP contribution in [0.2, 0.25) is 0 Å². The maximum Gasteiger partial charge on any atom is 0.110 e. The summed E-state index contributed by atoms with van der Waals surface area (Å²) in [5, 5.41) is 6.92. The number of hydrogen-bond donors (Lipinski definition) is 1. The number of nitrogens with zero attached hydrogens (tertiary/aromatic N) is 1. The topological polar surface area (TPSA) is 34.1 Å². The molecule has 0 aromatic carbocycles. The molecule has 1 aromatic rings. The van der Waals surface area contributed by atoms with E-state index in [1.165, 1.54) is 5.01 Å². The fourth-order valence-corrected chi connectivity index (χ4v) is 2.67. The van der Waals surface area contributed by atoms with Crippen LogP contribution in [0.25, 0.3) is 0 Å². The molecule has 0 aliphatic carbocycles. The fourth-order valence-electron chi connectivity index (χ4n) is 1.86. The third-order valence-electron chi connectivity index (χ3n) is 2.71. The Kier molecular flexibility index (Phi) is 3.72. The van der Waals surface area contributed by atoms with Gasteiger partial charge in [0, 0.05) is 30.3 Å². The van der Waals surface area contributed by atoms with Crippen molar-refractivity contribution in [1.29, 1.82) is 0 Å². The second-order valence-electron chi connectivity index (χ2n) is 4.10. The van der Waals surface area contributed by atoms with Crippen molar-refractivity contribution in [2.75, 3.05) is 13.2 Å². The first-order chi connectivity index (χ1) is 7.25. The minimum Gasteiger partial charge on any atom is -0.381 e. The SMILES string of the molecule is Cc1csc(C(C)NC2CCOCC2)n1. The van der Waals surface area contributed by atoms with Crippen LogP contribution in [-0.2, 0) is 4.74 Å². The lowest BCUT2D eigenvalue weighted by atomic mass is 10.1. The van der Waals surface area contributed by atoms with Gasteiger partial charge in [-0.1, -0.05) is 0 Å². The summed E-state index contributed by atoms with van der Waals surface area (Å²) in [5.41, 5.74) is 1.12. The van der Waals surface area contributed by atoms with Crippen LogP contribution in [0.5, 0.6) is 0 Å². The van der Waals surface area contributed by atoms with Crippen molar-refractivity contribution >= 4 is 11.3 Å². The monoisotopic (exact) mass is 226 g/mol. The Morgan fingerprint density at radius 2 is 2.27 bits per heavy atom. The molecule has 1 aliphatic rings. The third kappa shape index (κ3) is 3.00. The van der Waals surface area contributed by atoms with Gasteiger partial charge in [-0.2, -0.15) is 0 Å². The molecule has 1 fully saturated rings. The maximum absolute atomic E-state index is 5.34. The Balaban J connectivity index is 1.88. The van der Waals surface area contributed by atoms with Gasteiger partial charge in [-0.15, -0.1) is 11.3 Å². The van der Waals surface area contributed by atoms with E-state index in [2.05, 4.69) is 22.6 Å². The molecule has 4 heteroatoms. The number of aromatic nitrogens is 1. The van der Waals surface area contributed by atoms with Crippen molar-refractivity contribution in [3.63, 3.8) is 0 Å². The smallest absolute Gasteiger partial charge is 0.110 e. The first kappa shape index (κ1) is 11.0. The molecule has 0 bridgehead atoms. The van der Waals surface area contributed by atoms with Gasteiger partial charge in [-0.3, -0.25) is 0 Å². The fraction of sp³-hybridized carbons (Fsp3) is 0.727. The molecule has 3 nitrogen and oxygen atoms in total. The minimum absolute atomic E-state index is 0.367. The average molecular weight is 226 g/mol. The molecule has 0 radical (unpaired) electrons. The summed E-state index contributed by atoms with van der Waals surface area (Å²) in [6.45, 7) is 6.01. The Morgan fingerprint density at radius 3 is 2.87 bits per heavy atom. The third-order valence-corrected chi connectivity index (χ3v) is 3.86. The molecule has 1 aromatic heterocycles. The molecule has 2 rings (SSSR count). The van der Waals surface area contributed by atoms with E-state index in [0.29, 0.717) is 12.1 Å². The standard InChI is InChI=1S/C11H18N2OS/c1-8-7-15-11(12-8)9(2)13-10-3-5-14-6-4-10/h7,9-10,13H,3-6H2,1-2H3. The van der Waals surface area contributed by atoms with Gasteiger partial charge in [0.05, 0.1) is 6.04 Å². The predicted octanol–water partition coefficient (Wildman–Crippen LogP) is 2.28. The molecule has 0 amide bonds. The van der Waals surface area contributed by atoms with Crippen molar-refractivity contribution in [2.45, 2.75) is 38.8 Å². The lowest BCUT2D eigenvalue weighted by Crippen LogP contribution is -2.36. The summed E-state index contributed by atoms with van der Waals surface area (Å²) >= 11 is 1.74. The number of nitrogens with one attached hydrogen (secondary N) is 1. The van der Waals surface area contributed by atoms with Gasteiger partial charge in [0.15, 0.2) is 0 Å². The van der Waals surface area contributed by atoms with Gasteiger partial charge in [-0.05, 0) is 26.7 Å². The van der Waals surface area contributed by atoms with E-state index < -0.39 is 0 Å². The second-order valence-corrected chi connectivity index (χ2v) is 4.99. The van der Waals surface area contributed by atoms with Crippen molar-refractivity contribution < 1.29 is 4.74 Å². The van der Waals surface area contributed by atoms with Gasteiger partial charge < -0.3 is 10.1 Å². The quantitative estimate of drug-likeness (QED) is 0.858. The van der Waals surface area contributed by atoms with E-state index >= 15 is 0 Å². The summed E-state index contributed by atoms with van der Waals surface area (Å²) < 4.78 is 5.34. The van der Waals surface area contributed by atoms with E-state index in [9.17, 15) is 0 Å². The number of ether oxygens (including phenoxy) is 1. The van der Waals surface area contributed by atoms with Gasteiger partial charge in [0.2, 0.25) is 0 Å². The van der Waals surface area contributed by atoms with Crippen molar-refractivity contribution in [3.05, 3.63) is 16.1 Å². The molecule has 84 valence electrons. The van der Waals surface area contributed by atoms with Crippen LogP contribution in [0.1, 0.15) is 36.5 Å². The van der Waals surface area contributed by atoms with Crippen LogP contribution < -0.4 is 5.32 Å². The molecule has 0 spiro atoms. The number of hydrogen-bond acceptors (Lipinski definition) is 4. The highest BCUT2D eigenvalue weighted by atomic mass is 32.1. The Bertz CT molecular complexity index is 307. The first-order valence-corrected chi connectivity index (χ1v) is 6.39. The zero-order chi connectivity index (χ0) is 10.7. The number of thiazole rings is 1. The molecule has 1 saturated heterocycles. The first-order valence-electron chi connectivity index (χ1n) is 5.51. The van der Waals surface area contributed by atoms with E-state index in [-0.39, 0.29) is 0 Å². The second kappa shape index (κ2) is 5.05. The van der Waals surface area contributed by atoms with E-state index in [0.717, 1.165) is 31.7 Å². The van der Waals surface area contributed by atoms with Crippen molar-refractivity contribution in [3.8, 4) is 0 Å². The zero-order valence-electron chi connectivity index (χ0n) is 9.32. The van der Waals surface area contributed by atoms with Crippen LogP contribution >= 0.6 is 11.3 Å². The van der Waals surface area contributed by atoms with Crippen LogP contribution in [-0.4, -0.2) is 24.2 Å². The van der Waals surface area contributed by atoms with E-state index in [4.69, 9.17) is 4.74 Å². The molecule has 0 saturated carbocycles. The van der Waals surface area contributed by atoms with Gasteiger partial charge in [-0.25, -0.2) is 4.98 Å². The summed E-state index contributed by atoms with van der Waals surface area (Å²) in [7, 11) is 0. The summed E-state index contributed by atoms with van der Waals surface area (Å²) in [6, 6.07) is 0.963. The van der Waals surface area contributed by atoms with Crippen LogP contribution in [0.4, 0.5) is 0 Å². The van der Waals surface area contributed by atoms with Crippen LogP contribution in [0.15, 0.2) is 5.38 Å². The summed E-state index contributed by atoms with van der Waals surface area (Å²) in [6.07, 6.45) is 2.24. The number of rotatable bonds is 3. The molecular formula is C11H18N2OS. The minimum atomic E-state index is 0.367. The molecule has 1 aliphatic heterocycles. The van der Waals surface area contributed by atoms with Gasteiger partial charge in [0.1, 0.15) is 5.01 Å². The van der Waals surface area contributed by atoms with E-state index in [1.807, 2.05) is 6.92 Å². The Morgan fingerprint density at radius 1 is 1.53 bits per heavy atom. The highest BCUT2D eigenvalue weighted by Crippen LogP contribution is 2.19. The predicted molar refractivity (Wildman–Crippen MR) is 62.2 cm³/mol. The largest absolute Gasteiger partial charge is 0.381 e. The molecule has 1 N–H and O–H groups in total. The summed E-state index contributed by atoms with van der Waals surface area (Å²) in [5.74, 6) is 0. The Hall–Kier alpha value is -0.450. The molecule has 2 heterocycles. The lowest BCUT2D eigenvalue weighted by Gasteiger charge is -2.25. The van der Waals surface area contributed by atoms with E-state index in [1.54, 1.807) is 11.3 Å². The normalized spacial score (nSPS) is 20.4. The highest BCUT2D eigenvalue weighted by Gasteiger charge is 2.17. The van der Waals surface area contributed by atoms with Crippen LogP contribution in [0.3, 0.4) is 0 Å². The van der Waals surface area contributed by atoms with Gasteiger partial charge >= 0.3 is 0 Å². The van der Waals surface area contributed by atoms with Crippen LogP contribution in [0, 0.1) is 6.92 Å². The maximum atomic E-state index is 5.34.